The average Bonchev–Trinajstić information content (AvgIpc) is 3.12. The molecule has 1 unspecified atom stereocenters. The fourth-order valence-electron chi connectivity index (χ4n) is 5.69. The van der Waals surface area contributed by atoms with Gasteiger partial charge in [0.1, 0.15) is 12.2 Å². The Balaban J connectivity index is 1.59. The Morgan fingerprint density at radius 1 is 1.06 bits per heavy atom. The van der Waals surface area contributed by atoms with Crippen LogP contribution in [0.5, 0.6) is 0 Å². The van der Waals surface area contributed by atoms with Crippen molar-refractivity contribution in [3.63, 3.8) is 0 Å². The quantitative estimate of drug-likeness (QED) is 0.649. The molecule has 2 heterocycles. The van der Waals surface area contributed by atoms with E-state index in [1.165, 1.54) is 12.8 Å². The van der Waals surface area contributed by atoms with Crippen LogP contribution < -0.4 is 5.32 Å². The Morgan fingerprint density at radius 2 is 1.76 bits per heavy atom. The van der Waals surface area contributed by atoms with Gasteiger partial charge in [0.15, 0.2) is 0 Å². The van der Waals surface area contributed by atoms with Crippen molar-refractivity contribution in [3.8, 4) is 0 Å². The number of nitrogens with zero attached hydrogens (tertiary/aromatic N) is 4. The van der Waals surface area contributed by atoms with Gasteiger partial charge in [0.2, 0.25) is 11.8 Å². The number of benzene rings is 1. The molecule has 2 aliphatic heterocycles. The molecule has 0 radical (unpaired) electrons. The van der Waals surface area contributed by atoms with Crippen LogP contribution in [-0.2, 0) is 16.1 Å². The lowest BCUT2D eigenvalue weighted by Crippen LogP contribution is -2.76. The van der Waals surface area contributed by atoms with Crippen molar-refractivity contribution in [2.45, 2.75) is 89.5 Å². The van der Waals surface area contributed by atoms with Crippen LogP contribution in [0.15, 0.2) is 30.3 Å². The number of rotatable bonds is 6. The Kier molecular flexibility index (Phi) is 8.08. The number of likely N-dealkylation sites (N-methyl/N-ethyl adjacent to an activating group) is 1. The second kappa shape index (κ2) is 11.2. The summed E-state index contributed by atoms with van der Waals surface area (Å²) in [6.45, 7) is 2.98. The van der Waals surface area contributed by atoms with Crippen molar-refractivity contribution in [1.29, 1.82) is 0 Å². The molecular weight excluding hydrogens is 430 g/mol. The zero-order valence-corrected chi connectivity index (χ0v) is 20.6. The summed E-state index contributed by atoms with van der Waals surface area (Å²) in [6.07, 6.45) is 8.68. The summed E-state index contributed by atoms with van der Waals surface area (Å²) in [5.74, 6) is -0.00581. The van der Waals surface area contributed by atoms with E-state index in [0.717, 1.165) is 44.1 Å². The summed E-state index contributed by atoms with van der Waals surface area (Å²) in [4.78, 5) is 44.1. The summed E-state index contributed by atoms with van der Waals surface area (Å²) >= 11 is 0. The standard InChI is InChI=1S/C26H39N5O3/c1-3-4-16-22-25(33)29(21-14-10-5-6-11-15-21)18-23-30(22)24(32)19-28(2)31(23)26(34)27-17-20-12-8-7-9-13-20/h7-9,12-13,21-23H,3-6,10-11,14-19H2,1-2H3,(H,27,34)/t22-,23?/m0/s1. The lowest BCUT2D eigenvalue weighted by atomic mass is 9.97. The van der Waals surface area contributed by atoms with Gasteiger partial charge in [-0.25, -0.2) is 14.8 Å². The lowest BCUT2D eigenvalue weighted by molar-refractivity contribution is -0.190. The van der Waals surface area contributed by atoms with E-state index in [0.29, 0.717) is 19.5 Å². The Bertz CT molecular complexity index is 855. The van der Waals surface area contributed by atoms with Crippen LogP contribution in [0.3, 0.4) is 0 Å². The van der Waals surface area contributed by atoms with E-state index in [1.807, 2.05) is 35.2 Å². The molecule has 1 aliphatic carbocycles. The molecule has 1 aromatic rings. The maximum atomic E-state index is 13.7. The van der Waals surface area contributed by atoms with Crippen molar-refractivity contribution in [2.75, 3.05) is 20.1 Å². The highest BCUT2D eigenvalue weighted by molar-refractivity contribution is 5.91. The van der Waals surface area contributed by atoms with Crippen LogP contribution >= 0.6 is 0 Å². The minimum atomic E-state index is -0.493. The fraction of sp³-hybridized carbons (Fsp3) is 0.654. The molecule has 1 aromatic carbocycles. The van der Waals surface area contributed by atoms with Crippen LogP contribution in [0.4, 0.5) is 4.79 Å². The molecule has 4 amide bonds. The topological polar surface area (TPSA) is 76.2 Å². The molecule has 1 N–H and O–H groups in total. The van der Waals surface area contributed by atoms with Gasteiger partial charge >= 0.3 is 6.03 Å². The molecule has 4 rings (SSSR count). The first kappa shape index (κ1) is 24.5. The number of hydrogen-bond donors (Lipinski definition) is 1. The van der Waals surface area contributed by atoms with E-state index < -0.39 is 12.2 Å². The largest absolute Gasteiger partial charge is 0.334 e. The Hall–Kier alpha value is -2.61. The van der Waals surface area contributed by atoms with Crippen molar-refractivity contribution in [1.82, 2.24) is 25.1 Å². The third-order valence-corrected chi connectivity index (χ3v) is 7.48. The maximum absolute atomic E-state index is 13.7. The van der Waals surface area contributed by atoms with Gasteiger partial charge in [-0.3, -0.25) is 9.59 Å². The molecule has 0 bridgehead atoms. The Labute approximate surface area is 203 Å². The maximum Gasteiger partial charge on any atom is 0.334 e. The van der Waals surface area contributed by atoms with Gasteiger partial charge in [0.05, 0.1) is 13.1 Å². The molecule has 1 saturated carbocycles. The number of nitrogens with one attached hydrogen (secondary N) is 1. The first-order valence-corrected chi connectivity index (χ1v) is 12.9. The van der Waals surface area contributed by atoms with Crippen molar-refractivity contribution in [3.05, 3.63) is 35.9 Å². The van der Waals surface area contributed by atoms with Crippen LogP contribution in [-0.4, -0.2) is 76.0 Å². The van der Waals surface area contributed by atoms with Crippen LogP contribution in [0.1, 0.15) is 70.3 Å². The van der Waals surface area contributed by atoms with E-state index in [4.69, 9.17) is 0 Å². The van der Waals surface area contributed by atoms with Crippen LogP contribution in [0, 0.1) is 0 Å². The molecule has 8 nitrogen and oxygen atoms in total. The highest BCUT2D eigenvalue weighted by Crippen LogP contribution is 2.32. The van der Waals surface area contributed by atoms with Crippen LogP contribution in [0.2, 0.25) is 0 Å². The molecule has 186 valence electrons. The van der Waals surface area contributed by atoms with Crippen molar-refractivity contribution < 1.29 is 14.4 Å². The molecule has 3 aliphatic rings. The average molecular weight is 470 g/mol. The monoisotopic (exact) mass is 469 g/mol. The molecule has 34 heavy (non-hydrogen) atoms. The van der Waals surface area contributed by atoms with Gasteiger partial charge in [-0.2, -0.15) is 0 Å². The number of fused-ring (bicyclic) bond motifs is 1. The summed E-state index contributed by atoms with van der Waals surface area (Å²) in [5, 5.41) is 6.40. The van der Waals surface area contributed by atoms with Gasteiger partial charge < -0.3 is 15.1 Å². The predicted molar refractivity (Wildman–Crippen MR) is 130 cm³/mol. The molecular formula is C26H39N5O3. The number of hydrazine groups is 1. The van der Waals surface area contributed by atoms with Gasteiger partial charge in [-0.1, -0.05) is 75.8 Å². The lowest BCUT2D eigenvalue weighted by Gasteiger charge is -2.55. The highest BCUT2D eigenvalue weighted by atomic mass is 16.2. The smallest absolute Gasteiger partial charge is 0.334 e. The SMILES string of the molecule is CCCC[C@H]1C(=O)N(C2CCCCCC2)CC2N1C(=O)CN(C)N2C(=O)NCc1ccccc1. The highest BCUT2D eigenvalue weighted by Gasteiger charge is 2.51. The van der Waals surface area contributed by atoms with Gasteiger partial charge in [-0.15, -0.1) is 0 Å². The minimum Gasteiger partial charge on any atom is -0.334 e. The third-order valence-electron chi connectivity index (χ3n) is 7.48. The van der Waals surface area contributed by atoms with Crippen molar-refractivity contribution in [2.24, 2.45) is 0 Å². The first-order valence-electron chi connectivity index (χ1n) is 12.9. The number of carbonyl (C=O) groups excluding carboxylic acids is 3. The number of hydrogen-bond acceptors (Lipinski definition) is 4. The zero-order chi connectivity index (χ0) is 24.1. The molecule has 0 spiro atoms. The number of amides is 4. The molecule has 3 fully saturated rings. The van der Waals surface area contributed by atoms with E-state index in [-0.39, 0.29) is 30.4 Å². The second-order valence-electron chi connectivity index (χ2n) is 9.88. The number of unbranched alkanes of at least 4 members (excludes halogenated alkanes) is 1. The normalized spacial score (nSPS) is 24.7. The zero-order valence-electron chi connectivity index (χ0n) is 20.6. The number of carbonyl (C=O) groups is 3. The summed E-state index contributed by atoms with van der Waals surface area (Å²) in [7, 11) is 1.78. The molecule has 0 aromatic heterocycles. The van der Waals surface area contributed by atoms with E-state index in [2.05, 4.69) is 12.2 Å². The fourth-order valence-corrected chi connectivity index (χ4v) is 5.69. The summed E-state index contributed by atoms with van der Waals surface area (Å²) in [5.41, 5.74) is 1.02. The second-order valence-corrected chi connectivity index (χ2v) is 9.88. The minimum absolute atomic E-state index is 0.0687. The molecule has 2 atom stereocenters. The number of urea groups is 1. The molecule has 2 saturated heterocycles. The Morgan fingerprint density at radius 3 is 2.44 bits per heavy atom. The van der Waals surface area contributed by atoms with Gasteiger partial charge in [-0.05, 0) is 24.8 Å². The van der Waals surface area contributed by atoms with E-state index in [1.54, 1.807) is 22.0 Å². The van der Waals surface area contributed by atoms with Crippen LogP contribution in [0.25, 0.3) is 0 Å². The van der Waals surface area contributed by atoms with Gasteiger partial charge in [0, 0.05) is 19.6 Å². The predicted octanol–water partition coefficient (Wildman–Crippen LogP) is 3.34. The first-order chi connectivity index (χ1) is 16.5. The van der Waals surface area contributed by atoms with Crippen molar-refractivity contribution >= 4 is 17.8 Å². The summed E-state index contributed by atoms with van der Waals surface area (Å²) < 4.78 is 0. The summed E-state index contributed by atoms with van der Waals surface area (Å²) in [6, 6.07) is 9.26. The third kappa shape index (κ3) is 5.22. The number of piperazine rings is 1. The van der Waals surface area contributed by atoms with Gasteiger partial charge in [0.25, 0.3) is 0 Å². The van der Waals surface area contributed by atoms with E-state index >= 15 is 0 Å². The van der Waals surface area contributed by atoms with E-state index in [9.17, 15) is 14.4 Å². The molecule has 8 heteroatoms.